The van der Waals surface area contributed by atoms with E-state index < -0.39 is 0 Å². The van der Waals surface area contributed by atoms with Crippen LogP contribution < -0.4 is 5.32 Å². The van der Waals surface area contributed by atoms with Crippen molar-refractivity contribution in [3.63, 3.8) is 0 Å². The fourth-order valence-corrected chi connectivity index (χ4v) is 2.40. The van der Waals surface area contributed by atoms with Crippen LogP contribution in [0.5, 0.6) is 0 Å². The molecular weight excluding hydrogens is 204 g/mol. The van der Waals surface area contributed by atoms with Crippen LogP contribution in [0.2, 0.25) is 0 Å². The van der Waals surface area contributed by atoms with Crippen LogP contribution in [0.15, 0.2) is 12.1 Å². The Hall–Kier alpha value is -0.380. The van der Waals surface area contributed by atoms with E-state index in [1.54, 1.807) is 0 Å². The molecule has 2 nitrogen and oxygen atoms in total. The van der Waals surface area contributed by atoms with Crippen LogP contribution in [0.25, 0.3) is 0 Å². The summed E-state index contributed by atoms with van der Waals surface area (Å²) >= 11 is 1.92. The molecule has 1 aromatic heterocycles. The summed E-state index contributed by atoms with van der Waals surface area (Å²) in [5.41, 5.74) is 0. The quantitative estimate of drug-likeness (QED) is 0.802. The molecule has 15 heavy (non-hydrogen) atoms. The largest absolute Gasteiger partial charge is 0.308 e. The molecule has 3 heteroatoms. The molecule has 0 aliphatic heterocycles. The topological polar surface area (TPSA) is 15.3 Å². The molecule has 0 aliphatic rings. The molecule has 0 radical (unpaired) electrons. The van der Waals surface area contributed by atoms with Crippen molar-refractivity contribution < 1.29 is 0 Å². The standard InChI is InChI=1S/C12H22N2S/c1-5-11-6-7-12(15-11)10(2)13-8-9-14(3)4/h6-7,10,13H,5,8-9H2,1-4H3. The van der Waals surface area contributed by atoms with Crippen LogP contribution in [-0.4, -0.2) is 32.1 Å². The van der Waals surface area contributed by atoms with Gasteiger partial charge in [-0.3, -0.25) is 0 Å². The lowest BCUT2D eigenvalue weighted by Crippen LogP contribution is -2.28. The third-order valence-corrected chi connectivity index (χ3v) is 3.88. The van der Waals surface area contributed by atoms with Gasteiger partial charge in [-0.05, 0) is 39.6 Å². The molecule has 1 N–H and O–H groups in total. The highest BCUT2D eigenvalue weighted by molar-refractivity contribution is 7.12. The lowest BCUT2D eigenvalue weighted by atomic mass is 10.2. The number of nitrogens with one attached hydrogen (secondary N) is 1. The maximum atomic E-state index is 3.54. The first-order chi connectivity index (χ1) is 7.13. The first-order valence-corrected chi connectivity index (χ1v) is 6.41. The van der Waals surface area contributed by atoms with Crippen LogP contribution in [0.4, 0.5) is 0 Å². The molecule has 86 valence electrons. The second-order valence-corrected chi connectivity index (χ2v) is 5.34. The van der Waals surface area contributed by atoms with Crippen LogP contribution in [0.1, 0.15) is 29.6 Å². The third-order valence-electron chi connectivity index (χ3n) is 2.47. The van der Waals surface area contributed by atoms with E-state index in [0.717, 1.165) is 19.5 Å². The fourth-order valence-electron chi connectivity index (χ4n) is 1.42. The fraction of sp³-hybridized carbons (Fsp3) is 0.667. The van der Waals surface area contributed by atoms with E-state index in [4.69, 9.17) is 0 Å². The van der Waals surface area contributed by atoms with Crippen molar-refractivity contribution >= 4 is 11.3 Å². The first kappa shape index (κ1) is 12.7. The highest BCUT2D eigenvalue weighted by Gasteiger charge is 2.07. The number of aryl methyl sites for hydroxylation is 1. The van der Waals surface area contributed by atoms with Crippen molar-refractivity contribution in [2.75, 3.05) is 27.2 Å². The molecule has 0 aliphatic carbocycles. The second kappa shape index (κ2) is 6.26. The number of likely N-dealkylation sites (N-methyl/N-ethyl adjacent to an activating group) is 1. The van der Waals surface area contributed by atoms with Gasteiger partial charge in [0.1, 0.15) is 0 Å². The smallest absolute Gasteiger partial charge is 0.0386 e. The molecule has 1 unspecified atom stereocenters. The summed E-state index contributed by atoms with van der Waals surface area (Å²) in [6, 6.07) is 4.97. The Kier molecular flexibility index (Phi) is 5.29. The predicted molar refractivity (Wildman–Crippen MR) is 68.7 cm³/mol. The van der Waals surface area contributed by atoms with E-state index in [0.29, 0.717) is 6.04 Å². The normalized spacial score (nSPS) is 13.4. The number of hydrogen-bond acceptors (Lipinski definition) is 3. The van der Waals surface area contributed by atoms with Gasteiger partial charge in [-0.15, -0.1) is 11.3 Å². The van der Waals surface area contributed by atoms with E-state index in [1.807, 2.05) is 11.3 Å². The number of rotatable bonds is 6. The Bertz CT molecular complexity index is 281. The number of nitrogens with zero attached hydrogens (tertiary/aromatic N) is 1. The molecule has 0 saturated heterocycles. The SMILES string of the molecule is CCc1ccc(C(C)NCCN(C)C)s1. The summed E-state index contributed by atoms with van der Waals surface area (Å²) < 4.78 is 0. The summed E-state index contributed by atoms with van der Waals surface area (Å²) in [7, 11) is 4.21. The lowest BCUT2D eigenvalue weighted by Gasteiger charge is -2.14. The summed E-state index contributed by atoms with van der Waals surface area (Å²) in [5.74, 6) is 0. The van der Waals surface area contributed by atoms with Crippen LogP contribution in [-0.2, 0) is 6.42 Å². The van der Waals surface area contributed by atoms with Crippen molar-refractivity contribution in [2.24, 2.45) is 0 Å². The van der Waals surface area contributed by atoms with E-state index in [1.165, 1.54) is 9.75 Å². The van der Waals surface area contributed by atoms with Gasteiger partial charge in [-0.1, -0.05) is 6.92 Å². The van der Waals surface area contributed by atoms with Crippen LogP contribution >= 0.6 is 11.3 Å². The zero-order valence-electron chi connectivity index (χ0n) is 10.2. The molecular formula is C12H22N2S. The summed E-state index contributed by atoms with van der Waals surface area (Å²) in [6.45, 7) is 6.59. The van der Waals surface area contributed by atoms with E-state index in [-0.39, 0.29) is 0 Å². The van der Waals surface area contributed by atoms with Gasteiger partial charge < -0.3 is 10.2 Å². The first-order valence-electron chi connectivity index (χ1n) is 5.60. The minimum Gasteiger partial charge on any atom is -0.308 e. The van der Waals surface area contributed by atoms with Gasteiger partial charge in [-0.2, -0.15) is 0 Å². The van der Waals surface area contributed by atoms with Gasteiger partial charge in [0.05, 0.1) is 0 Å². The third kappa shape index (κ3) is 4.33. The van der Waals surface area contributed by atoms with Crippen molar-refractivity contribution in [1.29, 1.82) is 0 Å². The van der Waals surface area contributed by atoms with Gasteiger partial charge in [0.25, 0.3) is 0 Å². The molecule has 0 saturated carbocycles. The highest BCUT2D eigenvalue weighted by Crippen LogP contribution is 2.23. The average molecular weight is 226 g/mol. The van der Waals surface area contributed by atoms with Gasteiger partial charge in [0.2, 0.25) is 0 Å². The monoisotopic (exact) mass is 226 g/mol. The molecule has 0 spiro atoms. The molecule has 0 aromatic carbocycles. The lowest BCUT2D eigenvalue weighted by molar-refractivity contribution is 0.390. The van der Waals surface area contributed by atoms with E-state index in [2.05, 4.69) is 50.3 Å². The number of hydrogen-bond donors (Lipinski definition) is 1. The maximum Gasteiger partial charge on any atom is 0.0386 e. The predicted octanol–water partition coefficient (Wildman–Crippen LogP) is 2.52. The van der Waals surface area contributed by atoms with Crippen LogP contribution in [0.3, 0.4) is 0 Å². The maximum absolute atomic E-state index is 3.54. The molecule has 0 fully saturated rings. The van der Waals surface area contributed by atoms with Crippen LogP contribution in [0, 0.1) is 0 Å². The van der Waals surface area contributed by atoms with E-state index in [9.17, 15) is 0 Å². The van der Waals surface area contributed by atoms with Gasteiger partial charge in [0, 0.05) is 28.9 Å². The van der Waals surface area contributed by atoms with Crippen molar-refractivity contribution in [3.8, 4) is 0 Å². The van der Waals surface area contributed by atoms with Crippen molar-refractivity contribution in [3.05, 3.63) is 21.9 Å². The Labute approximate surface area is 97.3 Å². The van der Waals surface area contributed by atoms with Crippen molar-refractivity contribution in [2.45, 2.75) is 26.3 Å². The van der Waals surface area contributed by atoms with Gasteiger partial charge in [0.15, 0.2) is 0 Å². The van der Waals surface area contributed by atoms with Gasteiger partial charge in [-0.25, -0.2) is 0 Å². The number of thiophene rings is 1. The molecule has 1 rings (SSSR count). The zero-order valence-corrected chi connectivity index (χ0v) is 11.0. The van der Waals surface area contributed by atoms with Crippen molar-refractivity contribution in [1.82, 2.24) is 10.2 Å². The second-order valence-electron chi connectivity index (χ2n) is 4.14. The molecule has 1 aromatic rings. The zero-order chi connectivity index (χ0) is 11.3. The minimum absolute atomic E-state index is 0.482. The highest BCUT2D eigenvalue weighted by atomic mass is 32.1. The Morgan fingerprint density at radius 3 is 2.67 bits per heavy atom. The van der Waals surface area contributed by atoms with E-state index >= 15 is 0 Å². The summed E-state index contributed by atoms with van der Waals surface area (Å²) in [5, 5.41) is 3.54. The molecule has 1 atom stereocenters. The Balaban J connectivity index is 2.36. The summed E-state index contributed by atoms with van der Waals surface area (Å²) in [4.78, 5) is 5.13. The molecule has 1 heterocycles. The summed E-state index contributed by atoms with van der Waals surface area (Å²) in [6.07, 6.45) is 1.15. The Morgan fingerprint density at radius 1 is 1.40 bits per heavy atom. The average Bonchev–Trinajstić information content (AvgIpc) is 2.65. The van der Waals surface area contributed by atoms with Gasteiger partial charge >= 0.3 is 0 Å². The Morgan fingerprint density at radius 2 is 2.13 bits per heavy atom. The molecule has 0 amide bonds. The minimum atomic E-state index is 0.482. The molecule has 0 bridgehead atoms.